The number of hydrogen-bond donors (Lipinski definition) is 2. The highest BCUT2D eigenvalue weighted by atomic mass is 16.5. The number of anilines is 1. The number of rotatable bonds is 10. The summed E-state index contributed by atoms with van der Waals surface area (Å²) in [7, 11) is 0. The second-order valence-corrected chi connectivity index (χ2v) is 6.84. The maximum absolute atomic E-state index is 12.3. The van der Waals surface area contributed by atoms with E-state index < -0.39 is 0 Å². The van der Waals surface area contributed by atoms with Crippen LogP contribution in [0.3, 0.4) is 0 Å². The van der Waals surface area contributed by atoms with Crippen LogP contribution in [0.1, 0.15) is 42.3 Å². The molecule has 29 heavy (non-hydrogen) atoms. The molecule has 0 bridgehead atoms. The van der Waals surface area contributed by atoms with Crippen molar-refractivity contribution in [3.05, 3.63) is 75.7 Å². The molecule has 0 amide bonds. The van der Waals surface area contributed by atoms with Crippen molar-refractivity contribution < 1.29 is 4.74 Å². The number of unbranched alkanes of at least 4 members (excludes halogenated alkanes) is 1. The SMILES string of the molecule is CCOc1cccnc1CCCCNc1ncc(Cc2ccc(C)nc2)c(=O)[nH]1. The summed E-state index contributed by atoms with van der Waals surface area (Å²) >= 11 is 0. The molecule has 0 aliphatic rings. The third-order valence-corrected chi connectivity index (χ3v) is 4.52. The molecule has 0 aliphatic carbocycles. The van der Waals surface area contributed by atoms with Gasteiger partial charge in [0.2, 0.25) is 5.95 Å². The fraction of sp³-hybridized carbons (Fsp3) is 0.364. The molecule has 0 spiro atoms. The topological polar surface area (TPSA) is 92.8 Å². The van der Waals surface area contributed by atoms with Crippen LogP contribution >= 0.6 is 0 Å². The maximum Gasteiger partial charge on any atom is 0.255 e. The molecular formula is C22H27N5O2. The molecular weight excluding hydrogens is 366 g/mol. The Morgan fingerprint density at radius 3 is 2.76 bits per heavy atom. The van der Waals surface area contributed by atoms with E-state index in [0.29, 0.717) is 24.5 Å². The zero-order valence-corrected chi connectivity index (χ0v) is 16.9. The summed E-state index contributed by atoms with van der Waals surface area (Å²) in [5, 5.41) is 3.18. The highest BCUT2D eigenvalue weighted by Gasteiger charge is 2.06. The minimum atomic E-state index is -0.127. The minimum absolute atomic E-state index is 0.127. The summed E-state index contributed by atoms with van der Waals surface area (Å²) in [6, 6.07) is 7.76. The number of nitrogens with zero attached hydrogens (tertiary/aromatic N) is 3. The van der Waals surface area contributed by atoms with Crippen LogP contribution in [0.4, 0.5) is 5.95 Å². The zero-order valence-electron chi connectivity index (χ0n) is 16.9. The van der Waals surface area contributed by atoms with Gasteiger partial charge < -0.3 is 10.1 Å². The zero-order chi connectivity index (χ0) is 20.5. The summed E-state index contributed by atoms with van der Waals surface area (Å²) in [5.74, 6) is 1.35. The van der Waals surface area contributed by atoms with Crippen LogP contribution < -0.4 is 15.6 Å². The Labute approximate surface area is 170 Å². The molecule has 7 nitrogen and oxygen atoms in total. The molecule has 3 heterocycles. The van der Waals surface area contributed by atoms with Crippen LogP contribution in [0.15, 0.2) is 47.7 Å². The molecule has 0 unspecified atom stereocenters. The van der Waals surface area contributed by atoms with Gasteiger partial charge >= 0.3 is 0 Å². The van der Waals surface area contributed by atoms with E-state index in [2.05, 4.69) is 25.3 Å². The minimum Gasteiger partial charge on any atom is -0.492 e. The number of H-pyrrole nitrogens is 1. The fourth-order valence-electron chi connectivity index (χ4n) is 2.98. The predicted molar refractivity (Wildman–Crippen MR) is 113 cm³/mol. The monoisotopic (exact) mass is 393 g/mol. The third-order valence-electron chi connectivity index (χ3n) is 4.52. The van der Waals surface area contributed by atoms with Crippen molar-refractivity contribution in [3.8, 4) is 5.75 Å². The Balaban J connectivity index is 1.46. The molecule has 0 saturated heterocycles. The Bertz CT molecular complexity index is 969. The molecule has 3 aromatic heterocycles. The fourth-order valence-corrected chi connectivity index (χ4v) is 2.98. The molecule has 0 aliphatic heterocycles. The number of ether oxygens (including phenoxy) is 1. The van der Waals surface area contributed by atoms with Gasteiger partial charge in [-0.2, -0.15) is 0 Å². The van der Waals surface area contributed by atoms with E-state index in [1.165, 1.54) is 0 Å². The molecule has 7 heteroatoms. The van der Waals surface area contributed by atoms with E-state index in [-0.39, 0.29) is 5.56 Å². The first kappa shape index (κ1) is 20.5. The Kier molecular flexibility index (Phi) is 7.33. The second kappa shape index (κ2) is 10.4. The molecule has 0 radical (unpaired) electrons. The lowest BCUT2D eigenvalue weighted by Gasteiger charge is -2.09. The van der Waals surface area contributed by atoms with E-state index in [0.717, 1.165) is 48.5 Å². The Morgan fingerprint density at radius 1 is 1.10 bits per heavy atom. The molecule has 152 valence electrons. The van der Waals surface area contributed by atoms with E-state index in [4.69, 9.17) is 4.74 Å². The largest absolute Gasteiger partial charge is 0.492 e. The molecule has 0 aromatic carbocycles. The lowest BCUT2D eigenvalue weighted by Crippen LogP contribution is -2.17. The number of aromatic amines is 1. The van der Waals surface area contributed by atoms with Gasteiger partial charge in [0.15, 0.2) is 0 Å². The first-order chi connectivity index (χ1) is 14.2. The molecule has 0 fully saturated rings. The smallest absolute Gasteiger partial charge is 0.255 e. The summed E-state index contributed by atoms with van der Waals surface area (Å²) in [4.78, 5) is 28.1. The number of aryl methyl sites for hydroxylation is 2. The van der Waals surface area contributed by atoms with Crippen LogP contribution in [-0.2, 0) is 12.8 Å². The van der Waals surface area contributed by atoms with Crippen molar-refractivity contribution in [3.63, 3.8) is 0 Å². The third kappa shape index (κ3) is 6.14. The van der Waals surface area contributed by atoms with Crippen LogP contribution in [0, 0.1) is 6.92 Å². The average Bonchev–Trinajstić information content (AvgIpc) is 2.72. The van der Waals surface area contributed by atoms with Crippen molar-refractivity contribution in [2.75, 3.05) is 18.5 Å². The van der Waals surface area contributed by atoms with Crippen LogP contribution in [0.25, 0.3) is 0 Å². The summed E-state index contributed by atoms with van der Waals surface area (Å²) in [6.07, 6.45) is 8.48. The van der Waals surface area contributed by atoms with Crippen molar-refractivity contribution in [2.24, 2.45) is 0 Å². The van der Waals surface area contributed by atoms with Crippen molar-refractivity contribution in [1.29, 1.82) is 0 Å². The number of hydrogen-bond acceptors (Lipinski definition) is 6. The van der Waals surface area contributed by atoms with Crippen molar-refractivity contribution in [2.45, 2.75) is 39.5 Å². The average molecular weight is 393 g/mol. The summed E-state index contributed by atoms with van der Waals surface area (Å²) < 4.78 is 5.60. The summed E-state index contributed by atoms with van der Waals surface area (Å²) in [6.45, 7) is 5.26. The van der Waals surface area contributed by atoms with Crippen LogP contribution in [-0.4, -0.2) is 33.1 Å². The standard InChI is InChI=1S/C22H27N5O2/c1-3-29-20-8-6-12-23-19(20)7-4-5-11-24-22-26-15-18(21(28)27-22)13-17-10-9-16(2)25-14-17/h6,8-10,12,14-15H,3-5,7,11,13H2,1-2H3,(H2,24,26,27,28). The first-order valence-electron chi connectivity index (χ1n) is 9.96. The molecule has 3 rings (SSSR count). The van der Waals surface area contributed by atoms with Crippen molar-refractivity contribution in [1.82, 2.24) is 19.9 Å². The Morgan fingerprint density at radius 2 is 2.00 bits per heavy atom. The number of aromatic nitrogens is 4. The lowest BCUT2D eigenvalue weighted by molar-refractivity contribution is 0.334. The Hall–Kier alpha value is -3.22. The van der Waals surface area contributed by atoms with Gasteiger partial charge in [-0.25, -0.2) is 4.98 Å². The molecule has 0 atom stereocenters. The first-order valence-corrected chi connectivity index (χ1v) is 9.96. The van der Waals surface area contributed by atoms with Gasteiger partial charge in [0, 0.05) is 42.8 Å². The van der Waals surface area contributed by atoms with Gasteiger partial charge in [-0.1, -0.05) is 6.07 Å². The summed E-state index contributed by atoms with van der Waals surface area (Å²) in [5.41, 5.74) is 3.43. The highest BCUT2D eigenvalue weighted by molar-refractivity contribution is 5.28. The van der Waals surface area contributed by atoms with Gasteiger partial charge in [0.1, 0.15) is 5.75 Å². The van der Waals surface area contributed by atoms with E-state index in [1.54, 1.807) is 18.6 Å². The maximum atomic E-state index is 12.3. The van der Waals surface area contributed by atoms with E-state index in [9.17, 15) is 4.79 Å². The van der Waals surface area contributed by atoms with Gasteiger partial charge in [-0.05, 0) is 56.9 Å². The molecule has 3 aromatic rings. The second-order valence-electron chi connectivity index (χ2n) is 6.84. The van der Waals surface area contributed by atoms with Crippen LogP contribution in [0.5, 0.6) is 5.75 Å². The van der Waals surface area contributed by atoms with Gasteiger partial charge in [0.05, 0.1) is 12.3 Å². The van der Waals surface area contributed by atoms with Gasteiger partial charge in [-0.15, -0.1) is 0 Å². The van der Waals surface area contributed by atoms with E-state index in [1.807, 2.05) is 38.1 Å². The quantitative estimate of drug-likeness (QED) is 0.514. The molecule has 0 saturated carbocycles. The van der Waals surface area contributed by atoms with Gasteiger partial charge in [0.25, 0.3) is 5.56 Å². The number of nitrogens with one attached hydrogen (secondary N) is 2. The predicted octanol–water partition coefficient (Wildman–Crippen LogP) is 3.29. The highest BCUT2D eigenvalue weighted by Crippen LogP contribution is 2.17. The van der Waals surface area contributed by atoms with Crippen LogP contribution in [0.2, 0.25) is 0 Å². The number of pyridine rings is 2. The van der Waals surface area contributed by atoms with Gasteiger partial charge in [-0.3, -0.25) is 19.7 Å². The van der Waals surface area contributed by atoms with Crippen molar-refractivity contribution >= 4 is 5.95 Å². The normalized spacial score (nSPS) is 10.7. The lowest BCUT2D eigenvalue weighted by atomic mass is 10.1. The van der Waals surface area contributed by atoms with E-state index >= 15 is 0 Å². The molecule has 2 N–H and O–H groups in total.